The number of anilines is 1. The van der Waals surface area contributed by atoms with Crippen molar-refractivity contribution in [2.45, 2.75) is 6.42 Å². The topological polar surface area (TPSA) is 85.1 Å². The van der Waals surface area contributed by atoms with Crippen molar-refractivity contribution in [3.8, 4) is 0 Å². The Morgan fingerprint density at radius 3 is 2.94 bits per heavy atom. The van der Waals surface area contributed by atoms with Crippen LogP contribution in [0.15, 0.2) is 12.3 Å². The number of pyridine rings is 1. The van der Waals surface area contributed by atoms with E-state index in [4.69, 9.17) is 11.6 Å². The third-order valence-electron chi connectivity index (χ3n) is 1.93. The highest BCUT2D eigenvalue weighted by Gasteiger charge is 2.15. The number of rotatable bonds is 6. The fourth-order valence-corrected chi connectivity index (χ4v) is 1.89. The molecule has 1 aromatic heterocycles. The maximum atomic E-state index is 10.8. The molecule has 0 saturated heterocycles. The Bertz CT molecular complexity index is 441. The number of aromatic nitrogens is 1. The summed E-state index contributed by atoms with van der Waals surface area (Å²) in [7, 11) is -0.857. The highest BCUT2D eigenvalue weighted by Crippen LogP contribution is 2.24. The van der Waals surface area contributed by atoms with Gasteiger partial charge >= 0.3 is 5.69 Å². The lowest BCUT2D eigenvalue weighted by Crippen LogP contribution is -2.09. The molecular weight excluding hydrogens is 266 g/mol. The van der Waals surface area contributed by atoms with Gasteiger partial charge in [0.05, 0.1) is 9.95 Å². The normalized spacial score (nSPS) is 12.1. The number of hydrogen-bond donors (Lipinski definition) is 1. The standard InChI is InChI=1S/C9H12ClN3O3S/c1-17(16)4-2-3-11-9-8(13(14)15)5-7(10)6-12-9/h5-6H,2-4H2,1H3,(H,11,12). The number of nitro groups is 1. The van der Waals surface area contributed by atoms with E-state index in [1.807, 2.05) is 0 Å². The zero-order chi connectivity index (χ0) is 12.8. The predicted molar refractivity (Wildman–Crippen MR) is 67.9 cm³/mol. The van der Waals surface area contributed by atoms with Crippen molar-refractivity contribution in [3.05, 3.63) is 27.4 Å². The van der Waals surface area contributed by atoms with Crippen LogP contribution < -0.4 is 5.32 Å². The second-order valence-corrected chi connectivity index (χ2v) is 5.33. The van der Waals surface area contributed by atoms with Gasteiger partial charge in [-0.2, -0.15) is 0 Å². The van der Waals surface area contributed by atoms with E-state index >= 15 is 0 Å². The summed E-state index contributed by atoms with van der Waals surface area (Å²) >= 11 is 5.63. The average Bonchev–Trinajstić information content (AvgIpc) is 2.25. The molecule has 0 aromatic carbocycles. The van der Waals surface area contributed by atoms with Gasteiger partial charge in [-0.15, -0.1) is 0 Å². The summed E-state index contributed by atoms with van der Waals surface area (Å²) in [5, 5.41) is 13.8. The molecule has 1 atom stereocenters. The summed E-state index contributed by atoms with van der Waals surface area (Å²) in [6.45, 7) is 0.481. The summed E-state index contributed by atoms with van der Waals surface area (Å²) in [5.41, 5.74) is -0.157. The van der Waals surface area contributed by atoms with Gasteiger partial charge in [-0.1, -0.05) is 11.6 Å². The molecule has 0 saturated carbocycles. The van der Waals surface area contributed by atoms with Crippen LogP contribution in [0.3, 0.4) is 0 Å². The molecule has 17 heavy (non-hydrogen) atoms. The van der Waals surface area contributed by atoms with Crippen molar-refractivity contribution in [1.29, 1.82) is 0 Å². The van der Waals surface area contributed by atoms with E-state index in [1.165, 1.54) is 12.3 Å². The van der Waals surface area contributed by atoms with Crippen LogP contribution in [0.5, 0.6) is 0 Å². The van der Waals surface area contributed by atoms with Crippen LogP contribution in [0.2, 0.25) is 5.02 Å². The van der Waals surface area contributed by atoms with Gasteiger partial charge in [0, 0.05) is 41.6 Å². The Morgan fingerprint density at radius 1 is 1.65 bits per heavy atom. The first-order valence-corrected chi connectivity index (χ1v) is 6.95. The second kappa shape index (κ2) is 6.51. The van der Waals surface area contributed by atoms with E-state index in [9.17, 15) is 14.3 Å². The minimum absolute atomic E-state index is 0.157. The van der Waals surface area contributed by atoms with Crippen molar-refractivity contribution >= 4 is 33.9 Å². The molecule has 0 amide bonds. The van der Waals surface area contributed by atoms with Crippen molar-refractivity contribution in [2.24, 2.45) is 0 Å². The number of nitrogens with zero attached hydrogens (tertiary/aromatic N) is 2. The van der Waals surface area contributed by atoms with Crippen molar-refractivity contribution in [3.63, 3.8) is 0 Å². The fourth-order valence-electron chi connectivity index (χ4n) is 1.19. The minimum Gasteiger partial charge on any atom is -0.364 e. The minimum atomic E-state index is -0.857. The zero-order valence-electron chi connectivity index (χ0n) is 9.18. The van der Waals surface area contributed by atoms with Crippen LogP contribution in [0.25, 0.3) is 0 Å². The average molecular weight is 278 g/mol. The molecule has 1 unspecified atom stereocenters. The van der Waals surface area contributed by atoms with Crippen LogP contribution in [0.1, 0.15) is 6.42 Å². The first-order valence-electron chi connectivity index (χ1n) is 4.84. The number of halogens is 1. The molecule has 1 heterocycles. The summed E-state index contributed by atoms with van der Waals surface area (Å²) in [6, 6.07) is 1.24. The maximum Gasteiger partial charge on any atom is 0.312 e. The lowest BCUT2D eigenvalue weighted by atomic mass is 10.4. The molecule has 6 nitrogen and oxygen atoms in total. The number of hydrogen-bond acceptors (Lipinski definition) is 5. The summed E-state index contributed by atoms with van der Waals surface area (Å²) in [6.07, 6.45) is 3.61. The SMILES string of the molecule is CS(=O)CCCNc1ncc(Cl)cc1[N+](=O)[O-]. The molecular formula is C9H12ClN3O3S. The first-order chi connectivity index (χ1) is 8.00. The fraction of sp³-hybridized carbons (Fsp3) is 0.444. The molecule has 1 N–H and O–H groups in total. The molecule has 1 aromatic rings. The highest BCUT2D eigenvalue weighted by molar-refractivity contribution is 7.84. The Kier molecular flexibility index (Phi) is 5.30. The van der Waals surface area contributed by atoms with Gasteiger partial charge in [0.1, 0.15) is 0 Å². The van der Waals surface area contributed by atoms with E-state index in [-0.39, 0.29) is 16.5 Å². The van der Waals surface area contributed by atoms with Crippen LogP contribution in [0.4, 0.5) is 11.5 Å². The molecule has 0 aliphatic carbocycles. The van der Waals surface area contributed by atoms with E-state index in [2.05, 4.69) is 10.3 Å². The third-order valence-corrected chi connectivity index (χ3v) is 3.00. The Morgan fingerprint density at radius 2 is 2.35 bits per heavy atom. The first kappa shape index (κ1) is 13.9. The largest absolute Gasteiger partial charge is 0.364 e. The summed E-state index contributed by atoms with van der Waals surface area (Å²) < 4.78 is 10.8. The molecule has 1 rings (SSSR count). The van der Waals surface area contributed by atoms with Crippen molar-refractivity contribution in [1.82, 2.24) is 4.98 Å². The molecule has 0 fully saturated rings. The van der Waals surface area contributed by atoms with Crippen LogP contribution >= 0.6 is 11.6 Å². The van der Waals surface area contributed by atoms with Crippen LogP contribution in [0, 0.1) is 10.1 Å². The lowest BCUT2D eigenvalue weighted by molar-refractivity contribution is -0.384. The summed E-state index contributed by atoms with van der Waals surface area (Å²) in [4.78, 5) is 14.0. The van der Waals surface area contributed by atoms with E-state index in [0.717, 1.165) is 0 Å². The Hall–Kier alpha value is -1.21. The predicted octanol–water partition coefficient (Wildman–Crippen LogP) is 1.82. The molecule has 8 heteroatoms. The Labute approximate surface area is 106 Å². The second-order valence-electron chi connectivity index (χ2n) is 3.34. The van der Waals surface area contributed by atoms with Crippen LogP contribution in [-0.4, -0.2) is 32.7 Å². The van der Waals surface area contributed by atoms with E-state index in [1.54, 1.807) is 6.26 Å². The van der Waals surface area contributed by atoms with Gasteiger partial charge < -0.3 is 5.32 Å². The molecule has 0 radical (unpaired) electrons. The van der Waals surface area contributed by atoms with Gasteiger partial charge in [0.2, 0.25) is 5.82 Å². The Balaban J connectivity index is 2.64. The third kappa shape index (κ3) is 4.66. The molecule has 94 valence electrons. The van der Waals surface area contributed by atoms with Gasteiger partial charge in [0.25, 0.3) is 0 Å². The summed E-state index contributed by atoms with van der Waals surface area (Å²) in [5.74, 6) is 0.732. The molecule has 0 bridgehead atoms. The number of nitrogens with one attached hydrogen (secondary N) is 1. The molecule has 0 aliphatic rings. The lowest BCUT2D eigenvalue weighted by Gasteiger charge is -2.05. The van der Waals surface area contributed by atoms with Gasteiger partial charge in [-0.3, -0.25) is 14.3 Å². The molecule has 0 aliphatic heterocycles. The smallest absolute Gasteiger partial charge is 0.312 e. The van der Waals surface area contributed by atoms with Gasteiger partial charge in [0.15, 0.2) is 0 Å². The maximum absolute atomic E-state index is 10.8. The molecule has 0 spiro atoms. The van der Waals surface area contributed by atoms with Gasteiger partial charge in [-0.05, 0) is 6.42 Å². The van der Waals surface area contributed by atoms with Crippen molar-refractivity contribution < 1.29 is 9.13 Å². The quantitative estimate of drug-likeness (QED) is 0.487. The van der Waals surface area contributed by atoms with E-state index < -0.39 is 15.7 Å². The zero-order valence-corrected chi connectivity index (χ0v) is 10.8. The highest BCUT2D eigenvalue weighted by atomic mass is 35.5. The van der Waals surface area contributed by atoms with Crippen LogP contribution in [-0.2, 0) is 10.8 Å². The van der Waals surface area contributed by atoms with Crippen molar-refractivity contribution in [2.75, 3.05) is 23.9 Å². The monoisotopic (exact) mass is 277 g/mol. The van der Waals surface area contributed by atoms with Gasteiger partial charge in [-0.25, -0.2) is 4.98 Å². The van der Waals surface area contributed by atoms with E-state index in [0.29, 0.717) is 18.7 Å².